The van der Waals surface area contributed by atoms with E-state index in [2.05, 4.69) is 4.74 Å². The summed E-state index contributed by atoms with van der Waals surface area (Å²) in [4.78, 5) is 21.9. The smallest absolute Gasteiger partial charge is 0.387 e. The second-order valence-corrected chi connectivity index (χ2v) is 4.91. The van der Waals surface area contributed by atoms with Crippen LogP contribution in [0.5, 0.6) is 17.2 Å². The third-order valence-corrected chi connectivity index (χ3v) is 3.14. The lowest BCUT2D eigenvalue weighted by atomic mass is 10.2. The zero-order valence-electron chi connectivity index (χ0n) is 13.7. The van der Waals surface area contributed by atoms with E-state index in [9.17, 15) is 28.1 Å². The van der Waals surface area contributed by atoms with Crippen molar-refractivity contribution in [3.8, 4) is 17.2 Å². The number of ether oxygens (including phenoxy) is 3. The Morgan fingerprint density at radius 2 is 1.89 bits per heavy atom. The fraction of sp³-hybridized carbons (Fsp3) is 0.118. The molecular formula is C17H12F3NO6. The van der Waals surface area contributed by atoms with E-state index >= 15 is 0 Å². The highest BCUT2D eigenvalue weighted by atomic mass is 19.3. The van der Waals surface area contributed by atoms with E-state index in [1.807, 2.05) is 0 Å². The summed E-state index contributed by atoms with van der Waals surface area (Å²) in [5.41, 5.74) is -0.201. The van der Waals surface area contributed by atoms with Gasteiger partial charge in [0.1, 0.15) is 5.82 Å². The molecule has 0 saturated carbocycles. The van der Waals surface area contributed by atoms with Crippen molar-refractivity contribution in [2.75, 3.05) is 7.11 Å². The van der Waals surface area contributed by atoms with E-state index in [0.29, 0.717) is 11.6 Å². The van der Waals surface area contributed by atoms with Crippen LogP contribution in [0.2, 0.25) is 0 Å². The normalized spacial score (nSPS) is 10.9. The van der Waals surface area contributed by atoms with Gasteiger partial charge >= 0.3 is 18.3 Å². The Morgan fingerprint density at radius 3 is 2.52 bits per heavy atom. The average molecular weight is 383 g/mol. The Bertz CT molecular complexity index is 885. The van der Waals surface area contributed by atoms with Gasteiger partial charge in [-0.05, 0) is 29.8 Å². The molecule has 0 aromatic heterocycles. The summed E-state index contributed by atoms with van der Waals surface area (Å²) in [5.74, 6) is -2.55. The molecule has 0 fully saturated rings. The van der Waals surface area contributed by atoms with E-state index in [4.69, 9.17) is 9.47 Å². The van der Waals surface area contributed by atoms with Crippen LogP contribution in [0.15, 0.2) is 42.5 Å². The van der Waals surface area contributed by atoms with Crippen molar-refractivity contribution in [1.29, 1.82) is 0 Å². The van der Waals surface area contributed by atoms with Gasteiger partial charge in [-0.25, -0.2) is 9.18 Å². The van der Waals surface area contributed by atoms with Gasteiger partial charge in [-0.15, -0.1) is 0 Å². The number of carbonyl (C=O) groups excluding carboxylic acids is 1. The predicted octanol–water partition coefficient (Wildman–Crippen LogP) is 3.96. The molecule has 0 atom stereocenters. The van der Waals surface area contributed by atoms with Gasteiger partial charge in [-0.2, -0.15) is 8.78 Å². The van der Waals surface area contributed by atoms with Gasteiger partial charge < -0.3 is 14.2 Å². The minimum absolute atomic E-state index is 0.00610. The number of hydrogen-bond acceptors (Lipinski definition) is 6. The molecular weight excluding hydrogens is 371 g/mol. The highest BCUT2D eigenvalue weighted by molar-refractivity contribution is 5.89. The minimum Gasteiger partial charge on any atom is -0.493 e. The number of hydrogen-bond donors (Lipinski definition) is 0. The van der Waals surface area contributed by atoms with Crippen LogP contribution in [-0.2, 0) is 4.79 Å². The summed E-state index contributed by atoms with van der Waals surface area (Å²) < 4.78 is 51.8. The van der Waals surface area contributed by atoms with Gasteiger partial charge in [0.25, 0.3) is 0 Å². The Hall–Kier alpha value is -3.56. The first-order valence-electron chi connectivity index (χ1n) is 7.27. The SMILES string of the molecule is COc1cc(/C=C/C(=O)Oc2cc(F)ccc2[N+](=O)[O-])ccc1OC(F)F. The molecule has 0 aliphatic rings. The molecule has 10 heteroatoms. The molecule has 0 bridgehead atoms. The number of nitrogens with zero attached hydrogens (tertiary/aromatic N) is 1. The number of carbonyl (C=O) groups is 1. The maximum atomic E-state index is 13.2. The molecule has 0 aliphatic carbocycles. The van der Waals surface area contributed by atoms with Crippen LogP contribution in [0.4, 0.5) is 18.9 Å². The third kappa shape index (κ3) is 5.46. The summed E-state index contributed by atoms with van der Waals surface area (Å²) in [6, 6.07) is 6.35. The molecule has 142 valence electrons. The molecule has 2 rings (SSSR count). The molecule has 27 heavy (non-hydrogen) atoms. The molecule has 7 nitrogen and oxygen atoms in total. The Morgan fingerprint density at radius 1 is 1.15 bits per heavy atom. The molecule has 0 spiro atoms. The maximum absolute atomic E-state index is 13.2. The van der Waals surface area contributed by atoms with Crippen molar-refractivity contribution >= 4 is 17.7 Å². The largest absolute Gasteiger partial charge is 0.493 e. The molecule has 0 N–H and O–H groups in total. The van der Waals surface area contributed by atoms with Crippen LogP contribution in [0.3, 0.4) is 0 Å². The topological polar surface area (TPSA) is 87.9 Å². The first-order chi connectivity index (χ1) is 12.8. The van der Waals surface area contributed by atoms with E-state index < -0.39 is 34.8 Å². The summed E-state index contributed by atoms with van der Waals surface area (Å²) in [6.07, 6.45) is 2.18. The molecule has 0 saturated heterocycles. The highest BCUT2D eigenvalue weighted by Crippen LogP contribution is 2.30. The van der Waals surface area contributed by atoms with Crippen LogP contribution >= 0.6 is 0 Å². The fourth-order valence-electron chi connectivity index (χ4n) is 2.01. The van der Waals surface area contributed by atoms with Crippen LogP contribution in [0, 0.1) is 15.9 Å². The fourth-order valence-corrected chi connectivity index (χ4v) is 2.01. The highest BCUT2D eigenvalue weighted by Gasteiger charge is 2.18. The maximum Gasteiger partial charge on any atom is 0.387 e. The lowest BCUT2D eigenvalue weighted by molar-refractivity contribution is -0.385. The number of methoxy groups -OCH3 is 1. The van der Waals surface area contributed by atoms with Gasteiger partial charge in [-0.3, -0.25) is 10.1 Å². The van der Waals surface area contributed by atoms with Crippen LogP contribution < -0.4 is 14.2 Å². The first-order valence-corrected chi connectivity index (χ1v) is 7.27. The van der Waals surface area contributed by atoms with Gasteiger partial charge in [0.05, 0.1) is 12.0 Å². The van der Waals surface area contributed by atoms with Crippen molar-refractivity contribution < 1.29 is 37.1 Å². The van der Waals surface area contributed by atoms with Crippen molar-refractivity contribution in [2.24, 2.45) is 0 Å². The minimum atomic E-state index is -3.03. The predicted molar refractivity (Wildman–Crippen MR) is 87.3 cm³/mol. The molecule has 0 radical (unpaired) electrons. The summed E-state index contributed by atoms with van der Waals surface area (Å²) in [7, 11) is 1.25. The summed E-state index contributed by atoms with van der Waals surface area (Å²) in [6.45, 7) is -3.03. The number of alkyl halides is 2. The quantitative estimate of drug-likeness (QED) is 0.236. The summed E-state index contributed by atoms with van der Waals surface area (Å²) in [5, 5.41) is 10.9. The van der Waals surface area contributed by atoms with Crippen LogP contribution in [-0.4, -0.2) is 24.6 Å². The van der Waals surface area contributed by atoms with E-state index in [1.165, 1.54) is 31.4 Å². The van der Waals surface area contributed by atoms with E-state index in [0.717, 1.165) is 18.2 Å². The molecule has 0 aliphatic heterocycles. The van der Waals surface area contributed by atoms with Gasteiger partial charge in [0.15, 0.2) is 11.5 Å². The van der Waals surface area contributed by atoms with Gasteiger partial charge in [-0.1, -0.05) is 6.07 Å². The molecule has 2 aromatic rings. The van der Waals surface area contributed by atoms with E-state index in [1.54, 1.807) is 0 Å². The van der Waals surface area contributed by atoms with Crippen molar-refractivity contribution in [3.05, 3.63) is 64.0 Å². The Labute approximate surface area is 150 Å². The number of esters is 1. The lowest BCUT2D eigenvalue weighted by Gasteiger charge is -2.10. The molecule has 0 amide bonds. The second kappa shape index (κ2) is 8.70. The first kappa shape index (κ1) is 19.8. The Kier molecular flexibility index (Phi) is 6.36. The second-order valence-electron chi connectivity index (χ2n) is 4.91. The van der Waals surface area contributed by atoms with Crippen LogP contribution in [0.1, 0.15) is 5.56 Å². The Balaban J connectivity index is 2.15. The van der Waals surface area contributed by atoms with Gasteiger partial charge in [0, 0.05) is 18.2 Å². The molecule has 0 unspecified atom stereocenters. The monoisotopic (exact) mass is 383 g/mol. The zero-order chi connectivity index (χ0) is 20.0. The number of nitro benzene ring substituents is 1. The zero-order valence-corrected chi connectivity index (χ0v) is 13.7. The van der Waals surface area contributed by atoms with E-state index in [-0.39, 0.29) is 11.5 Å². The molecule has 2 aromatic carbocycles. The number of nitro groups is 1. The van der Waals surface area contributed by atoms with Crippen LogP contribution in [0.25, 0.3) is 6.08 Å². The van der Waals surface area contributed by atoms with Crippen molar-refractivity contribution in [3.63, 3.8) is 0 Å². The molecule has 0 heterocycles. The standard InChI is InChI=1S/C17H12F3NO6/c1-25-15-8-10(2-6-13(15)27-17(19)20)3-7-16(22)26-14-9-11(18)4-5-12(14)21(23)24/h2-9,17H,1H3/b7-3+. The number of rotatable bonds is 7. The number of halogens is 3. The van der Waals surface area contributed by atoms with Crippen molar-refractivity contribution in [2.45, 2.75) is 6.61 Å². The van der Waals surface area contributed by atoms with Crippen molar-refractivity contribution in [1.82, 2.24) is 0 Å². The average Bonchev–Trinajstić information content (AvgIpc) is 2.60. The summed E-state index contributed by atoms with van der Waals surface area (Å²) >= 11 is 0. The third-order valence-electron chi connectivity index (χ3n) is 3.14. The number of benzene rings is 2. The lowest BCUT2D eigenvalue weighted by Crippen LogP contribution is -2.06. The van der Waals surface area contributed by atoms with Gasteiger partial charge in [0.2, 0.25) is 5.75 Å².